The molecule has 156 valence electrons. The Morgan fingerprint density at radius 3 is 2.52 bits per heavy atom. The molecule has 2 nitrogen and oxygen atoms in total. The number of hydrogen-bond donors (Lipinski definition) is 0. The van der Waals surface area contributed by atoms with Crippen LogP contribution in [-0.4, -0.2) is 10.8 Å². The van der Waals surface area contributed by atoms with Crippen LogP contribution in [0.4, 0.5) is 4.39 Å². The zero-order valence-electron chi connectivity index (χ0n) is 17.9. The summed E-state index contributed by atoms with van der Waals surface area (Å²) >= 11 is 0. The third kappa shape index (κ3) is 4.70. The molecule has 2 aliphatic rings. The van der Waals surface area contributed by atoms with Gasteiger partial charge < -0.3 is 0 Å². The van der Waals surface area contributed by atoms with Crippen LogP contribution in [0.3, 0.4) is 0 Å². The lowest BCUT2D eigenvalue weighted by Gasteiger charge is -2.33. The Morgan fingerprint density at radius 1 is 1.07 bits per heavy atom. The highest BCUT2D eigenvalue weighted by Crippen LogP contribution is 2.42. The van der Waals surface area contributed by atoms with Gasteiger partial charge >= 0.3 is 0 Å². The van der Waals surface area contributed by atoms with Gasteiger partial charge in [-0.1, -0.05) is 26.7 Å². The van der Waals surface area contributed by atoms with Crippen molar-refractivity contribution in [1.29, 1.82) is 0 Å². The van der Waals surface area contributed by atoms with Gasteiger partial charge in [-0.3, -0.25) is 9.78 Å². The third-order valence-corrected chi connectivity index (χ3v) is 7.75. The van der Waals surface area contributed by atoms with E-state index >= 15 is 0 Å². The number of ketones is 1. The number of Topliss-reactive ketones (excluding diaryl/α,β-unsaturated/α-hetero) is 1. The Kier molecular flexibility index (Phi) is 6.32. The van der Waals surface area contributed by atoms with E-state index in [9.17, 15) is 9.18 Å². The van der Waals surface area contributed by atoms with Gasteiger partial charge in [0.15, 0.2) is 0 Å². The highest BCUT2D eigenvalue weighted by atomic mass is 19.1. The first-order valence-electron chi connectivity index (χ1n) is 11.6. The predicted molar refractivity (Wildman–Crippen MR) is 116 cm³/mol. The van der Waals surface area contributed by atoms with Crippen LogP contribution in [0.25, 0.3) is 10.9 Å². The standard InChI is InChI=1S/C26H34FNO/c1-17-3-5-21(6-4-17)26(29)15-18(2)19-7-9-20(10-8-19)23-13-14-28-25-12-11-22(27)16-24(23)25/h11-14,16-21H,3-10,15H2,1-2H3/t17?,18-,19?,20?,21?/m0/s1. The van der Waals surface area contributed by atoms with Crippen molar-refractivity contribution in [2.24, 2.45) is 23.7 Å². The summed E-state index contributed by atoms with van der Waals surface area (Å²) in [6.45, 7) is 4.59. The first-order valence-corrected chi connectivity index (χ1v) is 11.6. The van der Waals surface area contributed by atoms with Crippen molar-refractivity contribution in [3.8, 4) is 0 Å². The lowest BCUT2D eigenvalue weighted by Crippen LogP contribution is -2.26. The van der Waals surface area contributed by atoms with Crippen molar-refractivity contribution < 1.29 is 9.18 Å². The van der Waals surface area contributed by atoms with E-state index in [1.807, 2.05) is 6.20 Å². The molecule has 1 heterocycles. The second-order valence-electron chi connectivity index (χ2n) is 9.78. The molecule has 0 aliphatic heterocycles. The normalized spacial score (nSPS) is 28.9. The maximum atomic E-state index is 13.8. The fourth-order valence-corrected chi connectivity index (χ4v) is 5.73. The minimum absolute atomic E-state index is 0.190. The maximum absolute atomic E-state index is 13.8. The molecule has 1 aromatic heterocycles. The maximum Gasteiger partial charge on any atom is 0.136 e. The van der Waals surface area contributed by atoms with Crippen molar-refractivity contribution in [1.82, 2.24) is 4.98 Å². The molecule has 2 aromatic rings. The van der Waals surface area contributed by atoms with Gasteiger partial charge in [-0.05, 0) is 92.0 Å². The van der Waals surface area contributed by atoms with E-state index in [1.54, 1.807) is 12.1 Å². The molecule has 3 heteroatoms. The van der Waals surface area contributed by atoms with Gasteiger partial charge in [-0.2, -0.15) is 0 Å². The van der Waals surface area contributed by atoms with Crippen LogP contribution in [0.1, 0.15) is 83.1 Å². The molecule has 0 radical (unpaired) electrons. The predicted octanol–water partition coefficient (Wildman–Crippen LogP) is 7.07. The minimum Gasteiger partial charge on any atom is -0.299 e. The van der Waals surface area contributed by atoms with Gasteiger partial charge in [0.05, 0.1) is 5.52 Å². The number of fused-ring (bicyclic) bond motifs is 1. The van der Waals surface area contributed by atoms with Crippen molar-refractivity contribution in [2.45, 2.75) is 77.6 Å². The van der Waals surface area contributed by atoms with E-state index in [4.69, 9.17) is 0 Å². The van der Waals surface area contributed by atoms with E-state index in [2.05, 4.69) is 24.9 Å². The van der Waals surface area contributed by atoms with Gasteiger partial charge in [0.25, 0.3) is 0 Å². The van der Waals surface area contributed by atoms with Crippen molar-refractivity contribution in [3.63, 3.8) is 0 Å². The number of nitrogens with zero attached hydrogens (tertiary/aromatic N) is 1. The van der Waals surface area contributed by atoms with Crippen molar-refractivity contribution >= 4 is 16.7 Å². The molecule has 2 fully saturated rings. The average molecular weight is 396 g/mol. The van der Waals surface area contributed by atoms with Crippen LogP contribution in [0, 0.1) is 29.5 Å². The van der Waals surface area contributed by atoms with Gasteiger partial charge in [0.1, 0.15) is 11.6 Å². The van der Waals surface area contributed by atoms with Gasteiger partial charge in [-0.25, -0.2) is 4.39 Å². The van der Waals surface area contributed by atoms with Crippen LogP contribution in [0.2, 0.25) is 0 Å². The molecule has 0 bridgehead atoms. The Hall–Kier alpha value is -1.77. The molecule has 1 atom stereocenters. The number of aromatic nitrogens is 1. The molecule has 0 N–H and O–H groups in total. The molecule has 1 aromatic carbocycles. The number of carbonyl (C=O) groups excluding carboxylic acids is 1. The van der Waals surface area contributed by atoms with Crippen molar-refractivity contribution in [2.75, 3.05) is 0 Å². The molecule has 0 unspecified atom stereocenters. The van der Waals surface area contributed by atoms with E-state index < -0.39 is 0 Å². The van der Waals surface area contributed by atoms with Gasteiger partial charge in [0.2, 0.25) is 0 Å². The number of pyridine rings is 1. The molecular formula is C26H34FNO. The largest absolute Gasteiger partial charge is 0.299 e. The first kappa shape index (κ1) is 20.5. The fraction of sp³-hybridized carbons (Fsp3) is 0.615. The minimum atomic E-state index is -0.190. The van der Waals surface area contributed by atoms with E-state index in [1.165, 1.54) is 37.3 Å². The number of halogens is 1. The summed E-state index contributed by atoms with van der Waals surface area (Å²) in [5.74, 6) is 3.04. The second kappa shape index (κ2) is 8.93. The molecule has 4 rings (SSSR count). The topological polar surface area (TPSA) is 30.0 Å². The molecule has 2 saturated carbocycles. The zero-order chi connectivity index (χ0) is 20.4. The van der Waals surface area contributed by atoms with Gasteiger partial charge in [-0.15, -0.1) is 0 Å². The summed E-state index contributed by atoms with van der Waals surface area (Å²) in [7, 11) is 0. The Morgan fingerprint density at radius 2 is 1.79 bits per heavy atom. The summed E-state index contributed by atoms with van der Waals surface area (Å²) in [4.78, 5) is 17.2. The van der Waals surface area contributed by atoms with E-state index in [0.29, 0.717) is 29.5 Å². The Bertz CT molecular complexity index is 847. The van der Waals surface area contributed by atoms with Crippen LogP contribution in [0.5, 0.6) is 0 Å². The first-order chi connectivity index (χ1) is 14.0. The number of hydrogen-bond acceptors (Lipinski definition) is 2. The summed E-state index contributed by atoms with van der Waals surface area (Å²) in [6, 6.07) is 6.97. The monoisotopic (exact) mass is 395 g/mol. The van der Waals surface area contributed by atoms with Crippen molar-refractivity contribution in [3.05, 3.63) is 41.8 Å². The molecular weight excluding hydrogens is 361 g/mol. The molecule has 0 amide bonds. The summed E-state index contributed by atoms with van der Waals surface area (Å²) in [6.07, 6.45) is 11.8. The Labute approximate surface area is 174 Å². The van der Waals surface area contributed by atoms with Crippen LogP contribution >= 0.6 is 0 Å². The summed E-state index contributed by atoms with van der Waals surface area (Å²) < 4.78 is 13.8. The smallest absolute Gasteiger partial charge is 0.136 e. The van der Waals surface area contributed by atoms with Crippen LogP contribution in [0.15, 0.2) is 30.5 Å². The molecule has 0 saturated heterocycles. The van der Waals surface area contributed by atoms with Crippen LogP contribution < -0.4 is 0 Å². The summed E-state index contributed by atoms with van der Waals surface area (Å²) in [5.41, 5.74) is 2.12. The lowest BCUT2D eigenvalue weighted by molar-refractivity contribution is -0.125. The molecule has 0 spiro atoms. The highest BCUT2D eigenvalue weighted by molar-refractivity contribution is 5.82. The SMILES string of the molecule is CC1CCC(C(=O)C[C@H](C)C2CCC(c3ccnc4ccc(F)cc34)CC2)CC1. The number of carbonyl (C=O) groups is 1. The molecule has 29 heavy (non-hydrogen) atoms. The third-order valence-electron chi connectivity index (χ3n) is 7.75. The zero-order valence-corrected chi connectivity index (χ0v) is 17.9. The fourth-order valence-electron chi connectivity index (χ4n) is 5.73. The quantitative estimate of drug-likeness (QED) is 0.542. The average Bonchev–Trinajstić information content (AvgIpc) is 2.74. The number of rotatable bonds is 5. The van der Waals surface area contributed by atoms with E-state index in [0.717, 1.165) is 48.9 Å². The van der Waals surface area contributed by atoms with Gasteiger partial charge in [0, 0.05) is 23.9 Å². The highest BCUT2D eigenvalue weighted by Gasteiger charge is 2.30. The van der Waals surface area contributed by atoms with Crippen LogP contribution in [-0.2, 0) is 4.79 Å². The number of benzene rings is 1. The second-order valence-corrected chi connectivity index (χ2v) is 9.78. The summed E-state index contributed by atoms with van der Waals surface area (Å²) in [5, 5.41) is 0.964. The Balaban J connectivity index is 1.35. The molecule has 2 aliphatic carbocycles. The van der Waals surface area contributed by atoms with E-state index in [-0.39, 0.29) is 5.82 Å². The lowest BCUT2D eigenvalue weighted by atomic mass is 9.71.